The molecule has 24 heavy (non-hydrogen) atoms. The molecule has 1 aromatic carbocycles. The fourth-order valence-corrected chi connectivity index (χ4v) is 4.44. The summed E-state index contributed by atoms with van der Waals surface area (Å²) < 4.78 is 14.9. The number of ketones is 1. The molecule has 1 saturated carbocycles. The van der Waals surface area contributed by atoms with Crippen LogP contribution in [0, 0.1) is 0 Å². The van der Waals surface area contributed by atoms with Crippen molar-refractivity contribution in [3.05, 3.63) is 47.5 Å². The summed E-state index contributed by atoms with van der Waals surface area (Å²) in [6.07, 6.45) is 3.32. The number of Topliss-reactive ketones (excluding diaryl/α,β-unsaturated/α-hetero) is 1. The van der Waals surface area contributed by atoms with Crippen molar-refractivity contribution in [2.75, 3.05) is 13.6 Å². The van der Waals surface area contributed by atoms with E-state index in [-0.39, 0.29) is 30.5 Å². The second-order valence-electron chi connectivity index (χ2n) is 7.00. The highest BCUT2D eigenvalue weighted by molar-refractivity contribution is 5.91. The first-order valence-electron chi connectivity index (χ1n) is 8.42. The summed E-state index contributed by atoms with van der Waals surface area (Å²) in [6, 6.07) is 7.41. The molecule has 2 N–H and O–H groups in total. The number of benzene rings is 1. The summed E-state index contributed by atoms with van der Waals surface area (Å²) in [5.74, 6) is -0.249. The maximum Gasteiger partial charge on any atom is 0.208 e. The van der Waals surface area contributed by atoms with Crippen LogP contribution in [-0.4, -0.2) is 45.9 Å². The lowest BCUT2D eigenvalue weighted by Gasteiger charge is -2.48. The highest BCUT2D eigenvalue weighted by Gasteiger charge is 2.61. The maximum atomic E-state index is 14.9. The molecule has 1 aliphatic carbocycles. The standard InChI is InChI=1S/C18H22FN3O2/c1-21-9-16(19)22-17(13-7-5-12(10-23)6-8-13)20-14-3-2-4-15(24)18(14,22)11-21/h5-9,14,17,20,23H,2-4,10-11H2,1H3. The van der Waals surface area contributed by atoms with Crippen LogP contribution in [0.5, 0.6) is 0 Å². The highest BCUT2D eigenvalue weighted by Crippen LogP contribution is 2.47. The van der Waals surface area contributed by atoms with E-state index < -0.39 is 5.54 Å². The third kappa shape index (κ3) is 2.09. The van der Waals surface area contributed by atoms with E-state index in [1.54, 1.807) is 9.80 Å². The molecule has 3 aliphatic rings. The van der Waals surface area contributed by atoms with Gasteiger partial charge in [-0.15, -0.1) is 0 Å². The summed E-state index contributed by atoms with van der Waals surface area (Å²) >= 11 is 0. The fourth-order valence-electron chi connectivity index (χ4n) is 4.44. The first kappa shape index (κ1) is 15.6. The number of nitrogens with zero attached hydrogens (tertiary/aromatic N) is 2. The fraction of sp³-hybridized carbons (Fsp3) is 0.500. The number of carbonyl (C=O) groups excluding carboxylic acids is 1. The van der Waals surface area contributed by atoms with E-state index in [2.05, 4.69) is 5.32 Å². The van der Waals surface area contributed by atoms with Crippen molar-refractivity contribution >= 4 is 5.78 Å². The number of aliphatic hydroxyl groups excluding tert-OH is 1. The molecular formula is C18H22FN3O2. The average Bonchev–Trinajstić information content (AvgIpc) is 2.92. The number of aliphatic hydroxyl groups is 1. The molecule has 0 aromatic heterocycles. The highest BCUT2D eigenvalue weighted by atomic mass is 19.1. The van der Waals surface area contributed by atoms with Gasteiger partial charge in [0.25, 0.3) is 0 Å². The Morgan fingerprint density at radius 2 is 2.12 bits per heavy atom. The lowest BCUT2D eigenvalue weighted by atomic mass is 9.75. The minimum absolute atomic E-state index is 0.0216. The topological polar surface area (TPSA) is 55.8 Å². The van der Waals surface area contributed by atoms with E-state index >= 15 is 0 Å². The SMILES string of the molecule is CN1C=C(F)N2C(c3ccc(CO)cc3)NC3CCCC(=O)C32C1. The van der Waals surface area contributed by atoms with Gasteiger partial charge in [0, 0.05) is 26.1 Å². The summed E-state index contributed by atoms with van der Waals surface area (Å²) in [5, 5.41) is 12.7. The normalized spacial score (nSPS) is 32.5. The lowest BCUT2D eigenvalue weighted by molar-refractivity contribution is -0.135. The Labute approximate surface area is 140 Å². The van der Waals surface area contributed by atoms with Crippen LogP contribution in [0.1, 0.15) is 36.6 Å². The van der Waals surface area contributed by atoms with E-state index in [1.165, 1.54) is 6.20 Å². The number of carbonyl (C=O) groups is 1. The minimum Gasteiger partial charge on any atom is -0.392 e. The lowest BCUT2D eigenvalue weighted by Crippen LogP contribution is -2.65. The molecular weight excluding hydrogens is 309 g/mol. The van der Waals surface area contributed by atoms with E-state index in [0.717, 1.165) is 24.0 Å². The number of rotatable bonds is 2. The molecule has 1 aromatic rings. The second kappa shape index (κ2) is 5.57. The van der Waals surface area contributed by atoms with Gasteiger partial charge in [-0.3, -0.25) is 10.1 Å². The third-order valence-electron chi connectivity index (χ3n) is 5.53. The van der Waals surface area contributed by atoms with Crippen molar-refractivity contribution in [2.45, 2.75) is 43.6 Å². The van der Waals surface area contributed by atoms with Gasteiger partial charge in [0.2, 0.25) is 5.95 Å². The Morgan fingerprint density at radius 3 is 2.83 bits per heavy atom. The zero-order valence-electron chi connectivity index (χ0n) is 13.7. The molecule has 2 fully saturated rings. The Hall–Kier alpha value is -1.92. The molecule has 0 radical (unpaired) electrons. The van der Waals surface area contributed by atoms with Crippen LogP contribution in [0.2, 0.25) is 0 Å². The van der Waals surface area contributed by atoms with Crippen molar-refractivity contribution in [3.63, 3.8) is 0 Å². The van der Waals surface area contributed by atoms with Crippen LogP contribution in [0.15, 0.2) is 36.4 Å². The Kier molecular flexibility index (Phi) is 3.62. The Morgan fingerprint density at radius 1 is 1.38 bits per heavy atom. The van der Waals surface area contributed by atoms with Crippen molar-refractivity contribution in [1.82, 2.24) is 15.1 Å². The zero-order valence-corrected chi connectivity index (χ0v) is 13.7. The quantitative estimate of drug-likeness (QED) is 0.807. The zero-order chi connectivity index (χ0) is 16.9. The van der Waals surface area contributed by atoms with Gasteiger partial charge in [-0.1, -0.05) is 24.3 Å². The van der Waals surface area contributed by atoms with Crippen molar-refractivity contribution < 1.29 is 14.3 Å². The van der Waals surface area contributed by atoms with Crippen molar-refractivity contribution in [2.24, 2.45) is 0 Å². The molecule has 2 aliphatic heterocycles. The summed E-state index contributed by atoms with van der Waals surface area (Å²) in [7, 11) is 1.81. The van der Waals surface area contributed by atoms with Gasteiger partial charge < -0.3 is 14.9 Å². The average molecular weight is 331 g/mol. The van der Waals surface area contributed by atoms with Gasteiger partial charge in [-0.2, -0.15) is 4.39 Å². The van der Waals surface area contributed by atoms with Gasteiger partial charge in [0.1, 0.15) is 11.7 Å². The molecule has 3 unspecified atom stereocenters. The summed E-state index contributed by atoms with van der Waals surface area (Å²) in [5.41, 5.74) is 0.891. The predicted molar refractivity (Wildman–Crippen MR) is 87.3 cm³/mol. The molecule has 1 saturated heterocycles. The molecule has 2 heterocycles. The predicted octanol–water partition coefficient (Wildman–Crippen LogP) is 1.66. The minimum atomic E-state index is -0.827. The van der Waals surface area contributed by atoms with Crippen LogP contribution >= 0.6 is 0 Å². The van der Waals surface area contributed by atoms with Gasteiger partial charge >= 0.3 is 0 Å². The number of hydrogen-bond acceptors (Lipinski definition) is 5. The molecule has 6 heteroatoms. The number of halogens is 1. The number of hydrogen-bond donors (Lipinski definition) is 2. The van der Waals surface area contributed by atoms with Crippen LogP contribution in [-0.2, 0) is 11.4 Å². The summed E-state index contributed by atoms with van der Waals surface area (Å²) in [4.78, 5) is 16.3. The number of nitrogens with one attached hydrogen (secondary N) is 1. The first-order chi connectivity index (χ1) is 11.6. The molecule has 3 atom stereocenters. The second-order valence-corrected chi connectivity index (χ2v) is 7.00. The number of likely N-dealkylation sites (N-methyl/N-ethyl adjacent to an activating group) is 1. The van der Waals surface area contributed by atoms with Gasteiger partial charge in [0.15, 0.2) is 5.78 Å². The van der Waals surface area contributed by atoms with Gasteiger partial charge in [-0.25, -0.2) is 0 Å². The van der Waals surface area contributed by atoms with E-state index in [9.17, 15) is 14.3 Å². The first-order valence-corrected chi connectivity index (χ1v) is 8.42. The van der Waals surface area contributed by atoms with Gasteiger partial charge in [-0.05, 0) is 24.0 Å². The van der Waals surface area contributed by atoms with Crippen LogP contribution < -0.4 is 5.32 Å². The third-order valence-corrected chi connectivity index (χ3v) is 5.53. The van der Waals surface area contributed by atoms with E-state index in [4.69, 9.17) is 0 Å². The van der Waals surface area contributed by atoms with Crippen molar-refractivity contribution in [3.8, 4) is 0 Å². The Bertz CT molecular complexity index is 690. The molecule has 0 amide bonds. The molecule has 0 bridgehead atoms. The van der Waals surface area contributed by atoms with Crippen LogP contribution in [0.3, 0.4) is 0 Å². The largest absolute Gasteiger partial charge is 0.392 e. The molecule has 4 rings (SSSR count). The van der Waals surface area contributed by atoms with Crippen LogP contribution in [0.25, 0.3) is 0 Å². The molecule has 1 spiro atoms. The monoisotopic (exact) mass is 331 g/mol. The van der Waals surface area contributed by atoms with Gasteiger partial charge in [0.05, 0.1) is 12.8 Å². The smallest absolute Gasteiger partial charge is 0.208 e. The summed E-state index contributed by atoms with van der Waals surface area (Å²) in [6.45, 7) is 0.480. The van der Waals surface area contributed by atoms with E-state index in [0.29, 0.717) is 13.0 Å². The Balaban J connectivity index is 1.79. The molecule has 128 valence electrons. The van der Waals surface area contributed by atoms with Crippen LogP contribution in [0.4, 0.5) is 4.39 Å². The molecule has 5 nitrogen and oxygen atoms in total. The van der Waals surface area contributed by atoms with E-state index in [1.807, 2.05) is 31.3 Å². The maximum absolute atomic E-state index is 14.9. The van der Waals surface area contributed by atoms with Crippen molar-refractivity contribution in [1.29, 1.82) is 0 Å².